The van der Waals surface area contributed by atoms with Crippen LogP contribution >= 0.6 is 0 Å². The van der Waals surface area contributed by atoms with Crippen LogP contribution in [0.4, 0.5) is 5.82 Å². The van der Waals surface area contributed by atoms with Gasteiger partial charge in [0, 0.05) is 19.6 Å². The van der Waals surface area contributed by atoms with Crippen molar-refractivity contribution in [2.24, 2.45) is 0 Å². The number of hydrogen-bond donors (Lipinski definition) is 2. The Bertz CT molecular complexity index is 420. The Kier molecular flexibility index (Phi) is 4.68. The first-order valence-corrected chi connectivity index (χ1v) is 6.78. The molecule has 1 aromatic heterocycles. The van der Waals surface area contributed by atoms with Crippen LogP contribution in [0.5, 0.6) is 0 Å². The molecule has 0 saturated carbocycles. The standard InChI is InChI=1S/C13H21N5O/c1-3-18-8-4-5-10(18)9-15-12-7-6-11(16-17-12)13(19)14-2/h6-7,10H,3-5,8-9H2,1-2H3,(H,14,19)(H,15,17). The highest BCUT2D eigenvalue weighted by Gasteiger charge is 2.22. The normalized spacial score (nSPS) is 19.4. The Morgan fingerprint density at radius 3 is 2.95 bits per heavy atom. The van der Waals surface area contributed by atoms with Gasteiger partial charge in [0.25, 0.3) is 5.91 Å². The second kappa shape index (κ2) is 6.47. The summed E-state index contributed by atoms with van der Waals surface area (Å²) >= 11 is 0. The third-order valence-electron chi connectivity index (χ3n) is 3.55. The third-order valence-corrected chi connectivity index (χ3v) is 3.55. The summed E-state index contributed by atoms with van der Waals surface area (Å²) in [7, 11) is 1.58. The molecule has 0 aliphatic carbocycles. The number of nitrogens with one attached hydrogen (secondary N) is 2. The van der Waals surface area contributed by atoms with E-state index in [9.17, 15) is 4.79 Å². The predicted molar refractivity (Wildman–Crippen MR) is 74.2 cm³/mol. The van der Waals surface area contributed by atoms with Crippen LogP contribution in [0.25, 0.3) is 0 Å². The predicted octanol–water partition coefficient (Wildman–Crippen LogP) is 0.732. The minimum atomic E-state index is -0.216. The molecule has 1 unspecified atom stereocenters. The maximum Gasteiger partial charge on any atom is 0.271 e. The average molecular weight is 263 g/mol. The molecule has 2 N–H and O–H groups in total. The second-order valence-electron chi connectivity index (χ2n) is 4.69. The Morgan fingerprint density at radius 2 is 2.32 bits per heavy atom. The summed E-state index contributed by atoms with van der Waals surface area (Å²) in [5.74, 6) is 0.502. The fourth-order valence-corrected chi connectivity index (χ4v) is 2.44. The number of anilines is 1. The highest BCUT2D eigenvalue weighted by atomic mass is 16.1. The molecule has 1 aliphatic rings. The molecule has 2 heterocycles. The highest BCUT2D eigenvalue weighted by molar-refractivity contribution is 5.91. The number of carbonyl (C=O) groups excluding carboxylic acids is 1. The summed E-state index contributed by atoms with van der Waals surface area (Å²) in [5, 5.41) is 13.7. The first-order chi connectivity index (χ1) is 9.24. The van der Waals surface area contributed by atoms with Gasteiger partial charge < -0.3 is 10.6 Å². The van der Waals surface area contributed by atoms with Gasteiger partial charge in [-0.2, -0.15) is 0 Å². The maximum atomic E-state index is 11.3. The quantitative estimate of drug-likeness (QED) is 0.819. The Hall–Kier alpha value is -1.69. The monoisotopic (exact) mass is 263 g/mol. The zero-order chi connectivity index (χ0) is 13.7. The van der Waals surface area contributed by atoms with E-state index in [2.05, 4.69) is 32.7 Å². The topological polar surface area (TPSA) is 70.2 Å². The van der Waals surface area contributed by atoms with Gasteiger partial charge in [-0.15, -0.1) is 10.2 Å². The van der Waals surface area contributed by atoms with Crippen molar-refractivity contribution in [1.82, 2.24) is 20.4 Å². The summed E-state index contributed by atoms with van der Waals surface area (Å²) in [6, 6.07) is 4.05. The van der Waals surface area contributed by atoms with Gasteiger partial charge in [0.15, 0.2) is 5.69 Å². The van der Waals surface area contributed by atoms with E-state index in [-0.39, 0.29) is 5.91 Å². The highest BCUT2D eigenvalue weighted by Crippen LogP contribution is 2.16. The van der Waals surface area contributed by atoms with Gasteiger partial charge in [-0.1, -0.05) is 6.92 Å². The molecule has 1 saturated heterocycles. The number of carbonyl (C=O) groups is 1. The smallest absolute Gasteiger partial charge is 0.271 e. The number of hydrogen-bond acceptors (Lipinski definition) is 5. The van der Waals surface area contributed by atoms with Gasteiger partial charge in [-0.3, -0.25) is 9.69 Å². The van der Waals surface area contributed by atoms with Crippen LogP contribution in [0.3, 0.4) is 0 Å². The van der Waals surface area contributed by atoms with Crippen molar-refractivity contribution in [2.75, 3.05) is 32.0 Å². The first kappa shape index (κ1) is 13.7. The van der Waals surface area contributed by atoms with Crippen LogP contribution < -0.4 is 10.6 Å². The van der Waals surface area contributed by atoms with E-state index in [1.807, 2.05) is 0 Å². The van der Waals surface area contributed by atoms with E-state index >= 15 is 0 Å². The number of rotatable bonds is 5. The molecule has 1 aliphatic heterocycles. The molecule has 0 aromatic carbocycles. The largest absolute Gasteiger partial charge is 0.367 e. The van der Waals surface area contributed by atoms with Crippen molar-refractivity contribution in [3.05, 3.63) is 17.8 Å². The fraction of sp³-hybridized carbons (Fsp3) is 0.615. The number of nitrogens with zero attached hydrogens (tertiary/aromatic N) is 3. The summed E-state index contributed by atoms with van der Waals surface area (Å²) < 4.78 is 0. The zero-order valence-corrected chi connectivity index (χ0v) is 11.5. The van der Waals surface area contributed by atoms with Crippen molar-refractivity contribution < 1.29 is 4.79 Å². The molecule has 6 heteroatoms. The molecule has 0 radical (unpaired) electrons. The number of aromatic nitrogens is 2. The lowest BCUT2D eigenvalue weighted by atomic mass is 10.2. The summed E-state index contributed by atoms with van der Waals surface area (Å²) in [6.45, 7) is 5.34. The van der Waals surface area contributed by atoms with Crippen molar-refractivity contribution in [2.45, 2.75) is 25.8 Å². The summed E-state index contributed by atoms with van der Waals surface area (Å²) in [4.78, 5) is 13.8. The van der Waals surface area contributed by atoms with Gasteiger partial charge in [-0.25, -0.2) is 0 Å². The minimum absolute atomic E-state index is 0.216. The lowest BCUT2D eigenvalue weighted by Crippen LogP contribution is -2.34. The average Bonchev–Trinajstić information content (AvgIpc) is 2.92. The zero-order valence-electron chi connectivity index (χ0n) is 11.5. The van der Waals surface area contributed by atoms with Crippen LogP contribution in [0.15, 0.2) is 12.1 Å². The van der Waals surface area contributed by atoms with Crippen molar-refractivity contribution in [3.63, 3.8) is 0 Å². The minimum Gasteiger partial charge on any atom is -0.367 e. The Balaban J connectivity index is 1.88. The SMILES string of the molecule is CCN1CCCC1CNc1ccc(C(=O)NC)nn1. The van der Waals surface area contributed by atoms with Gasteiger partial charge >= 0.3 is 0 Å². The summed E-state index contributed by atoms with van der Waals surface area (Å²) in [6.07, 6.45) is 2.49. The number of likely N-dealkylation sites (N-methyl/N-ethyl adjacent to an activating group) is 1. The summed E-state index contributed by atoms with van der Waals surface area (Å²) in [5.41, 5.74) is 0.337. The van der Waals surface area contributed by atoms with Crippen LogP contribution in [0.1, 0.15) is 30.3 Å². The van der Waals surface area contributed by atoms with E-state index in [0.717, 1.165) is 18.9 Å². The van der Waals surface area contributed by atoms with Crippen molar-refractivity contribution in [1.29, 1.82) is 0 Å². The molecule has 6 nitrogen and oxygen atoms in total. The van der Waals surface area contributed by atoms with Gasteiger partial charge in [0.1, 0.15) is 5.82 Å². The molecular weight excluding hydrogens is 242 g/mol. The molecule has 19 heavy (non-hydrogen) atoms. The van der Waals surface area contributed by atoms with Crippen LogP contribution in [-0.2, 0) is 0 Å². The Morgan fingerprint density at radius 1 is 1.47 bits per heavy atom. The molecular formula is C13H21N5O. The van der Waals surface area contributed by atoms with E-state index in [0.29, 0.717) is 11.7 Å². The van der Waals surface area contributed by atoms with Crippen LogP contribution in [0, 0.1) is 0 Å². The van der Waals surface area contributed by atoms with Gasteiger partial charge in [-0.05, 0) is 38.1 Å². The first-order valence-electron chi connectivity index (χ1n) is 6.78. The maximum absolute atomic E-state index is 11.3. The Labute approximate surface area is 113 Å². The molecule has 2 rings (SSSR count). The lowest BCUT2D eigenvalue weighted by Gasteiger charge is -2.22. The molecule has 104 valence electrons. The number of amides is 1. The van der Waals surface area contributed by atoms with E-state index < -0.39 is 0 Å². The molecule has 1 amide bonds. The molecule has 1 fully saturated rings. The van der Waals surface area contributed by atoms with Crippen LogP contribution in [-0.4, -0.2) is 53.7 Å². The van der Waals surface area contributed by atoms with Crippen molar-refractivity contribution >= 4 is 11.7 Å². The second-order valence-corrected chi connectivity index (χ2v) is 4.69. The van der Waals surface area contributed by atoms with E-state index in [1.54, 1.807) is 19.2 Å². The fourth-order valence-electron chi connectivity index (χ4n) is 2.44. The van der Waals surface area contributed by atoms with Crippen LogP contribution in [0.2, 0.25) is 0 Å². The molecule has 1 aromatic rings. The van der Waals surface area contributed by atoms with Gasteiger partial charge in [0.2, 0.25) is 0 Å². The van der Waals surface area contributed by atoms with Crippen molar-refractivity contribution in [3.8, 4) is 0 Å². The molecule has 1 atom stereocenters. The van der Waals surface area contributed by atoms with E-state index in [1.165, 1.54) is 19.4 Å². The molecule has 0 spiro atoms. The number of likely N-dealkylation sites (tertiary alicyclic amines) is 1. The van der Waals surface area contributed by atoms with E-state index in [4.69, 9.17) is 0 Å². The lowest BCUT2D eigenvalue weighted by molar-refractivity contribution is 0.0957. The third kappa shape index (κ3) is 3.41. The molecule has 0 bridgehead atoms. The van der Waals surface area contributed by atoms with Gasteiger partial charge in [0.05, 0.1) is 0 Å².